The first kappa shape index (κ1) is 28.0. The van der Waals surface area contributed by atoms with E-state index >= 15 is 0 Å². The maximum Gasteiger partial charge on any atom is 0.299 e. The van der Waals surface area contributed by atoms with E-state index in [0.717, 1.165) is 44.7 Å². The van der Waals surface area contributed by atoms with Crippen LogP contribution in [0.2, 0.25) is 0 Å². The SMILES string of the molecule is CC1(C)OC(=N[C@@H](CCO)c2ccccc2F)NS(=O)(=O)[C@H]1Cc1ccc(C2CCN(C3COC3)CC2)cc1. The van der Waals surface area contributed by atoms with Gasteiger partial charge in [0.15, 0.2) is 0 Å². The summed E-state index contributed by atoms with van der Waals surface area (Å²) in [6.07, 6.45) is 2.64. The Labute approximate surface area is 230 Å². The molecule has 5 rings (SSSR count). The van der Waals surface area contributed by atoms with E-state index in [0.29, 0.717) is 12.0 Å². The average molecular weight is 560 g/mol. The third kappa shape index (κ3) is 6.29. The van der Waals surface area contributed by atoms with E-state index in [1.807, 2.05) is 12.1 Å². The fraction of sp³-hybridized carbons (Fsp3) is 0.552. The van der Waals surface area contributed by atoms with Gasteiger partial charge in [0.2, 0.25) is 10.0 Å². The van der Waals surface area contributed by atoms with Gasteiger partial charge in [0.05, 0.1) is 25.3 Å². The number of hydrogen-bond acceptors (Lipinski definition) is 7. The van der Waals surface area contributed by atoms with Crippen LogP contribution in [0.1, 0.15) is 61.8 Å². The van der Waals surface area contributed by atoms with E-state index in [4.69, 9.17) is 9.47 Å². The molecule has 2 atom stereocenters. The fourth-order valence-corrected chi connectivity index (χ4v) is 7.47. The van der Waals surface area contributed by atoms with Gasteiger partial charge in [0, 0.05) is 12.2 Å². The minimum atomic E-state index is -3.85. The molecule has 0 bridgehead atoms. The van der Waals surface area contributed by atoms with Crippen LogP contribution in [0.25, 0.3) is 0 Å². The van der Waals surface area contributed by atoms with Gasteiger partial charge in [-0.2, -0.15) is 0 Å². The molecule has 8 nitrogen and oxygen atoms in total. The van der Waals surface area contributed by atoms with Gasteiger partial charge in [-0.1, -0.05) is 42.5 Å². The number of aliphatic hydroxyl groups is 1. The number of aliphatic hydroxyl groups excluding tert-OH is 1. The topological polar surface area (TPSA) is 100 Å². The van der Waals surface area contributed by atoms with Crippen molar-refractivity contribution < 1.29 is 27.4 Å². The molecular formula is C29H38FN3O5S. The van der Waals surface area contributed by atoms with E-state index in [1.54, 1.807) is 32.0 Å². The molecule has 3 aliphatic heterocycles. The van der Waals surface area contributed by atoms with Crippen molar-refractivity contribution in [2.24, 2.45) is 4.99 Å². The number of aliphatic imine (C=N–C) groups is 1. The molecule has 0 spiro atoms. The van der Waals surface area contributed by atoms with Crippen LogP contribution in [-0.2, 0) is 25.9 Å². The Hall–Kier alpha value is -2.53. The predicted molar refractivity (Wildman–Crippen MR) is 148 cm³/mol. The molecule has 3 heterocycles. The predicted octanol–water partition coefficient (Wildman–Crippen LogP) is 3.52. The van der Waals surface area contributed by atoms with Gasteiger partial charge in [0.1, 0.15) is 16.7 Å². The lowest BCUT2D eigenvalue weighted by atomic mass is 9.87. The second-order valence-corrected chi connectivity index (χ2v) is 13.1. The first-order valence-electron chi connectivity index (χ1n) is 13.7. The van der Waals surface area contributed by atoms with E-state index in [1.165, 1.54) is 11.6 Å². The van der Waals surface area contributed by atoms with Crippen LogP contribution in [0, 0.1) is 5.82 Å². The van der Waals surface area contributed by atoms with Crippen molar-refractivity contribution in [2.45, 2.75) is 68.4 Å². The molecular weight excluding hydrogens is 521 g/mol. The van der Waals surface area contributed by atoms with Crippen LogP contribution in [-0.4, -0.2) is 74.2 Å². The number of piperidine rings is 1. The summed E-state index contributed by atoms with van der Waals surface area (Å²) >= 11 is 0. The average Bonchev–Trinajstić information content (AvgIpc) is 2.86. The summed E-state index contributed by atoms with van der Waals surface area (Å²) in [5, 5.41) is 8.65. The number of hydrogen-bond donors (Lipinski definition) is 2. The van der Waals surface area contributed by atoms with E-state index < -0.39 is 32.7 Å². The standard InChI is InChI=1S/C29H38FN3O5S/c1-29(2)27(17-20-7-9-21(10-8-20)22-11-14-33(15-12-22)23-18-37-19-23)39(35,36)32-28(38-29)31-26(13-16-34)24-5-3-4-6-25(24)30/h3-10,22-23,26-27,34H,11-19H2,1-2H3,(H,31,32)/t26-,27-/m0/s1. The first-order valence-corrected chi connectivity index (χ1v) is 15.3. The quantitative estimate of drug-likeness (QED) is 0.514. The fourth-order valence-electron chi connectivity index (χ4n) is 5.78. The molecule has 39 heavy (non-hydrogen) atoms. The Morgan fingerprint density at radius 2 is 1.82 bits per heavy atom. The maximum absolute atomic E-state index is 14.4. The lowest BCUT2D eigenvalue weighted by Gasteiger charge is -2.41. The van der Waals surface area contributed by atoms with Gasteiger partial charge in [-0.25, -0.2) is 22.5 Å². The summed E-state index contributed by atoms with van der Waals surface area (Å²) < 4.78 is 55.0. The van der Waals surface area contributed by atoms with Crippen molar-refractivity contribution in [1.82, 2.24) is 9.62 Å². The number of nitrogens with one attached hydrogen (secondary N) is 1. The lowest BCUT2D eigenvalue weighted by molar-refractivity contribution is -0.0712. The van der Waals surface area contributed by atoms with Crippen LogP contribution in [0.15, 0.2) is 53.5 Å². The van der Waals surface area contributed by atoms with Gasteiger partial charge in [-0.3, -0.25) is 4.90 Å². The number of ether oxygens (including phenoxy) is 2. The number of likely N-dealkylation sites (tertiary alicyclic amines) is 1. The second kappa shape index (κ2) is 11.5. The molecule has 0 aromatic heterocycles. The molecule has 2 aromatic carbocycles. The molecule has 3 fully saturated rings. The van der Waals surface area contributed by atoms with Crippen LogP contribution < -0.4 is 4.72 Å². The molecule has 10 heteroatoms. The molecule has 0 aliphatic carbocycles. The van der Waals surface area contributed by atoms with Gasteiger partial charge < -0.3 is 14.6 Å². The molecule has 0 saturated carbocycles. The smallest absolute Gasteiger partial charge is 0.299 e. The molecule has 3 aliphatic rings. The molecule has 0 amide bonds. The third-order valence-electron chi connectivity index (χ3n) is 8.22. The number of nitrogens with zero attached hydrogens (tertiary/aromatic N) is 2. The maximum atomic E-state index is 14.4. The zero-order valence-electron chi connectivity index (χ0n) is 22.6. The van der Waals surface area contributed by atoms with Gasteiger partial charge in [-0.15, -0.1) is 0 Å². The Balaban J connectivity index is 1.26. The van der Waals surface area contributed by atoms with Crippen LogP contribution >= 0.6 is 0 Å². The van der Waals surface area contributed by atoms with Crippen LogP contribution in [0.5, 0.6) is 0 Å². The number of rotatable bonds is 8. The van der Waals surface area contributed by atoms with E-state index in [9.17, 15) is 17.9 Å². The van der Waals surface area contributed by atoms with E-state index in [-0.39, 0.29) is 31.0 Å². The number of halogens is 1. The molecule has 2 aromatic rings. The monoisotopic (exact) mass is 559 g/mol. The first-order chi connectivity index (χ1) is 18.7. The summed E-state index contributed by atoms with van der Waals surface area (Å²) in [7, 11) is -3.85. The summed E-state index contributed by atoms with van der Waals surface area (Å²) in [5.41, 5.74) is 1.39. The van der Waals surface area contributed by atoms with Crippen molar-refractivity contribution >= 4 is 16.0 Å². The summed E-state index contributed by atoms with van der Waals surface area (Å²) in [4.78, 5) is 6.90. The van der Waals surface area contributed by atoms with Gasteiger partial charge in [-0.05, 0) is 75.7 Å². The second-order valence-electron chi connectivity index (χ2n) is 11.3. The van der Waals surface area contributed by atoms with Crippen molar-refractivity contribution in [3.8, 4) is 0 Å². The Morgan fingerprint density at radius 1 is 1.13 bits per heavy atom. The van der Waals surface area contributed by atoms with Crippen molar-refractivity contribution in [1.29, 1.82) is 0 Å². The minimum Gasteiger partial charge on any atom is -0.457 e. The Bertz CT molecular complexity index is 1270. The lowest BCUT2D eigenvalue weighted by Crippen LogP contribution is -2.59. The summed E-state index contributed by atoms with van der Waals surface area (Å²) in [6.45, 7) is 7.08. The number of benzene rings is 2. The number of amidine groups is 1. The highest BCUT2D eigenvalue weighted by atomic mass is 32.2. The minimum absolute atomic E-state index is 0.125. The largest absolute Gasteiger partial charge is 0.457 e. The van der Waals surface area contributed by atoms with Gasteiger partial charge in [0.25, 0.3) is 6.02 Å². The normalized spacial score (nSPS) is 25.4. The van der Waals surface area contributed by atoms with Crippen molar-refractivity contribution in [3.05, 3.63) is 71.0 Å². The van der Waals surface area contributed by atoms with Gasteiger partial charge >= 0.3 is 0 Å². The zero-order chi connectivity index (χ0) is 27.6. The van der Waals surface area contributed by atoms with E-state index in [2.05, 4.69) is 26.7 Å². The highest BCUT2D eigenvalue weighted by molar-refractivity contribution is 7.90. The molecule has 0 radical (unpaired) electrons. The summed E-state index contributed by atoms with van der Waals surface area (Å²) in [5.74, 6) is 0.0364. The molecule has 0 unspecified atom stereocenters. The van der Waals surface area contributed by atoms with Crippen molar-refractivity contribution in [3.63, 3.8) is 0 Å². The number of sulfonamides is 1. The third-order valence-corrected chi connectivity index (χ3v) is 10.2. The summed E-state index contributed by atoms with van der Waals surface area (Å²) in [6, 6.07) is 14.0. The molecule has 3 saturated heterocycles. The molecule has 2 N–H and O–H groups in total. The highest BCUT2D eigenvalue weighted by Gasteiger charge is 2.47. The van der Waals surface area contributed by atoms with Crippen LogP contribution in [0.4, 0.5) is 4.39 Å². The van der Waals surface area contributed by atoms with Crippen molar-refractivity contribution in [2.75, 3.05) is 32.9 Å². The Kier molecular flexibility index (Phi) is 8.28. The highest BCUT2D eigenvalue weighted by Crippen LogP contribution is 2.33. The molecule has 212 valence electrons. The Morgan fingerprint density at radius 3 is 2.41 bits per heavy atom. The zero-order valence-corrected chi connectivity index (χ0v) is 23.4. The van der Waals surface area contributed by atoms with Crippen LogP contribution in [0.3, 0.4) is 0 Å².